The first-order valence-electron chi connectivity index (χ1n) is 8.42. The third-order valence-electron chi connectivity index (χ3n) is 3.53. The SMILES string of the molecule is CCOc1ccc(C(=O)NNC(=O)CCSc2ccc(F)c(F)c2)cc1OC. The molecule has 2 aromatic rings. The van der Waals surface area contributed by atoms with Crippen LogP contribution in [-0.4, -0.2) is 31.3 Å². The van der Waals surface area contributed by atoms with Gasteiger partial charge < -0.3 is 9.47 Å². The number of methoxy groups -OCH3 is 1. The molecule has 0 aromatic heterocycles. The molecule has 2 rings (SSSR count). The van der Waals surface area contributed by atoms with Gasteiger partial charge in [-0.05, 0) is 43.3 Å². The normalized spacial score (nSPS) is 10.3. The van der Waals surface area contributed by atoms with Gasteiger partial charge in [-0.15, -0.1) is 11.8 Å². The van der Waals surface area contributed by atoms with Gasteiger partial charge >= 0.3 is 0 Å². The van der Waals surface area contributed by atoms with E-state index in [1.807, 2.05) is 6.92 Å². The van der Waals surface area contributed by atoms with Crippen molar-refractivity contribution in [2.24, 2.45) is 0 Å². The summed E-state index contributed by atoms with van der Waals surface area (Å²) in [5.74, 6) is -1.53. The zero-order valence-electron chi connectivity index (χ0n) is 15.4. The Hall–Kier alpha value is -2.81. The highest BCUT2D eigenvalue weighted by Crippen LogP contribution is 2.28. The first-order chi connectivity index (χ1) is 13.4. The lowest BCUT2D eigenvalue weighted by molar-refractivity contribution is -0.121. The van der Waals surface area contributed by atoms with Crippen LogP contribution >= 0.6 is 11.8 Å². The average molecular weight is 410 g/mol. The summed E-state index contributed by atoms with van der Waals surface area (Å²) in [5.41, 5.74) is 4.91. The van der Waals surface area contributed by atoms with Crippen molar-refractivity contribution in [2.45, 2.75) is 18.2 Å². The van der Waals surface area contributed by atoms with Crippen molar-refractivity contribution in [1.29, 1.82) is 0 Å². The van der Waals surface area contributed by atoms with Crippen LogP contribution in [0.2, 0.25) is 0 Å². The Bertz CT molecular complexity index is 849. The molecule has 0 aliphatic carbocycles. The highest BCUT2D eigenvalue weighted by atomic mass is 32.2. The van der Waals surface area contributed by atoms with Crippen LogP contribution in [0.5, 0.6) is 11.5 Å². The molecule has 6 nitrogen and oxygen atoms in total. The zero-order chi connectivity index (χ0) is 20.5. The minimum atomic E-state index is -0.938. The molecule has 150 valence electrons. The van der Waals surface area contributed by atoms with Crippen molar-refractivity contribution in [3.8, 4) is 11.5 Å². The van der Waals surface area contributed by atoms with E-state index >= 15 is 0 Å². The lowest BCUT2D eigenvalue weighted by atomic mass is 10.2. The summed E-state index contributed by atoms with van der Waals surface area (Å²) in [6.07, 6.45) is 0.0799. The highest BCUT2D eigenvalue weighted by Gasteiger charge is 2.12. The number of hydrogen-bond donors (Lipinski definition) is 2. The number of benzene rings is 2. The summed E-state index contributed by atoms with van der Waals surface area (Å²) < 4.78 is 36.6. The van der Waals surface area contributed by atoms with Crippen LogP contribution in [0.25, 0.3) is 0 Å². The number of amides is 2. The van der Waals surface area contributed by atoms with Crippen LogP contribution < -0.4 is 20.3 Å². The number of hydrogen-bond acceptors (Lipinski definition) is 5. The van der Waals surface area contributed by atoms with E-state index < -0.39 is 23.4 Å². The van der Waals surface area contributed by atoms with Gasteiger partial charge in [0.25, 0.3) is 5.91 Å². The summed E-state index contributed by atoms with van der Waals surface area (Å²) in [4.78, 5) is 24.5. The number of rotatable bonds is 8. The molecule has 0 aliphatic rings. The van der Waals surface area contributed by atoms with Crippen molar-refractivity contribution in [1.82, 2.24) is 10.9 Å². The largest absolute Gasteiger partial charge is 0.493 e. The third-order valence-corrected chi connectivity index (χ3v) is 4.53. The Labute approximate surface area is 165 Å². The lowest BCUT2D eigenvalue weighted by Gasteiger charge is -2.11. The molecule has 0 heterocycles. The molecule has 9 heteroatoms. The van der Waals surface area contributed by atoms with Crippen LogP contribution in [0.4, 0.5) is 8.78 Å². The molecular weight excluding hydrogens is 390 g/mol. The maximum atomic E-state index is 13.1. The van der Waals surface area contributed by atoms with Gasteiger partial charge in [0.15, 0.2) is 23.1 Å². The van der Waals surface area contributed by atoms with Gasteiger partial charge in [0, 0.05) is 22.6 Å². The Morgan fingerprint density at radius 2 is 1.82 bits per heavy atom. The molecule has 0 radical (unpaired) electrons. The van der Waals surface area contributed by atoms with Crippen molar-refractivity contribution < 1.29 is 27.8 Å². The quantitative estimate of drug-likeness (QED) is 0.516. The Morgan fingerprint density at radius 3 is 2.50 bits per heavy atom. The summed E-state index contributed by atoms with van der Waals surface area (Å²) in [5, 5.41) is 0. The van der Waals surface area contributed by atoms with Gasteiger partial charge in [-0.1, -0.05) is 0 Å². The van der Waals surface area contributed by atoms with Crippen molar-refractivity contribution in [3.63, 3.8) is 0 Å². The smallest absolute Gasteiger partial charge is 0.269 e. The van der Waals surface area contributed by atoms with Crippen molar-refractivity contribution in [2.75, 3.05) is 19.5 Å². The average Bonchev–Trinajstić information content (AvgIpc) is 2.69. The molecule has 0 bridgehead atoms. The number of halogens is 2. The van der Waals surface area contributed by atoms with E-state index in [0.29, 0.717) is 28.8 Å². The van der Waals surface area contributed by atoms with E-state index in [0.717, 1.165) is 12.1 Å². The highest BCUT2D eigenvalue weighted by molar-refractivity contribution is 7.99. The predicted octanol–water partition coefficient (Wildman–Crippen LogP) is 3.32. The minimum Gasteiger partial charge on any atom is -0.493 e. The second-order valence-corrected chi connectivity index (χ2v) is 6.64. The van der Waals surface area contributed by atoms with Crippen LogP contribution in [0.1, 0.15) is 23.7 Å². The summed E-state index contributed by atoms with van der Waals surface area (Å²) in [7, 11) is 1.46. The molecule has 0 unspecified atom stereocenters. The number of carbonyl (C=O) groups is 2. The number of ether oxygens (including phenoxy) is 2. The van der Waals surface area contributed by atoms with E-state index in [-0.39, 0.29) is 12.0 Å². The van der Waals surface area contributed by atoms with Gasteiger partial charge in [0.05, 0.1) is 13.7 Å². The fourth-order valence-corrected chi connectivity index (χ4v) is 3.05. The molecule has 0 aliphatic heterocycles. The fourth-order valence-electron chi connectivity index (χ4n) is 2.17. The number of hydrazine groups is 1. The summed E-state index contributed by atoms with van der Waals surface area (Å²) in [6.45, 7) is 2.29. The molecular formula is C19H20F2N2O4S. The molecule has 2 amide bonds. The first kappa shape index (κ1) is 21.5. The summed E-state index contributed by atoms with van der Waals surface area (Å²) in [6, 6.07) is 8.20. The van der Waals surface area contributed by atoms with Gasteiger partial charge in [0.2, 0.25) is 5.91 Å². The van der Waals surface area contributed by atoms with E-state index in [2.05, 4.69) is 10.9 Å². The molecule has 0 saturated heterocycles. The topological polar surface area (TPSA) is 76.7 Å². The van der Waals surface area contributed by atoms with Gasteiger partial charge in [-0.3, -0.25) is 20.4 Å². The Balaban J connectivity index is 1.80. The standard InChI is InChI=1S/C19H20F2N2O4S/c1-3-27-16-7-4-12(10-17(16)26-2)19(25)23-22-18(24)8-9-28-13-5-6-14(20)15(21)11-13/h4-7,10-11H,3,8-9H2,1-2H3,(H,22,24)(H,23,25). The van der Waals surface area contributed by atoms with Crippen molar-refractivity contribution in [3.05, 3.63) is 53.6 Å². The van der Waals surface area contributed by atoms with Crippen LogP contribution in [0, 0.1) is 11.6 Å². The van der Waals surface area contributed by atoms with E-state index in [1.54, 1.807) is 12.1 Å². The van der Waals surface area contributed by atoms with Gasteiger partial charge in [0.1, 0.15) is 0 Å². The third kappa shape index (κ3) is 6.12. The van der Waals surface area contributed by atoms with E-state index in [4.69, 9.17) is 9.47 Å². The molecule has 0 fully saturated rings. The number of carbonyl (C=O) groups excluding carboxylic acids is 2. The number of nitrogens with one attached hydrogen (secondary N) is 2. The molecule has 0 atom stereocenters. The second-order valence-electron chi connectivity index (χ2n) is 5.48. The maximum absolute atomic E-state index is 13.1. The number of thioether (sulfide) groups is 1. The maximum Gasteiger partial charge on any atom is 0.269 e. The first-order valence-corrected chi connectivity index (χ1v) is 9.41. The van der Waals surface area contributed by atoms with E-state index in [9.17, 15) is 18.4 Å². The zero-order valence-corrected chi connectivity index (χ0v) is 16.2. The minimum absolute atomic E-state index is 0.0799. The summed E-state index contributed by atoms with van der Waals surface area (Å²) >= 11 is 1.20. The monoisotopic (exact) mass is 410 g/mol. The van der Waals surface area contributed by atoms with Crippen molar-refractivity contribution >= 4 is 23.6 Å². The molecule has 28 heavy (non-hydrogen) atoms. The van der Waals surface area contributed by atoms with Gasteiger partial charge in [-0.25, -0.2) is 8.78 Å². The van der Waals surface area contributed by atoms with Crippen LogP contribution in [0.15, 0.2) is 41.3 Å². The van der Waals surface area contributed by atoms with E-state index in [1.165, 1.54) is 31.0 Å². The fraction of sp³-hybridized carbons (Fsp3) is 0.263. The Kier molecular flexibility index (Phi) is 8.06. The van der Waals surface area contributed by atoms with Crippen LogP contribution in [0.3, 0.4) is 0 Å². The lowest BCUT2D eigenvalue weighted by Crippen LogP contribution is -2.41. The predicted molar refractivity (Wildman–Crippen MR) is 101 cm³/mol. The molecule has 0 spiro atoms. The van der Waals surface area contributed by atoms with Gasteiger partial charge in [-0.2, -0.15) is 0 Å². The second kappa shape index (κ2) is 10.5. The molecule has 0 saturated carbocycles. The molecule has 2 aromatic carbocycles. The molecule has 2 N–H and O–H groups in total. The van der Waals surface area contributed by atoms with Crippen LogP contribution in [-0.2, 0) is 4.79 Å². The Morgan fingerprint density at radius 1 is 1.04 bits per heavy atom.